The number of amides is 1. The van der Waals surface area contributed by atoms with Gasteiger partial charge in [0.15, 0.2) is 0 Å². The van der Waals surface area contributed by atoms with Gasteiger partial charge in [-0.2, -0.15) is 13.2 Å². The molecule has 0 aliphatic carbocycles. The number of benzene rings is 1. The first-order valence-electron chi connectivity index (χ1n) is 4.10. The van der Waals surface area contributed by atoms with Crippen LogP contribution >= 0.6 is 12.4 Å². The molecule has 0 atom stereocenters. The van der Waals surface area contributed by atoms with Crippen molar-refractivity contribution in [3.8, 4) is 0 Å². The highest BCUT2D eigenvalue weighted by atomic mass is 35.5. The molecule has 1 aromatic rings. The second-order valence-electron chi connectivity index (χ2n) is 2.83. The van der Waals surface area contributed by atoms with Gasteiger partial charge in [0.2, 0.25) is 5.91 Å². The van der Waals surface area contributed by atoms with Gasteiger partial charge in [0.05, 0.1) is 12.1 Å². The van der Waals surface area contributed by atoms with Crippen LogP contribution in [0.5, 0.6) is 0 Å². The number of halogens is 4. The summed E-state index contributed by atoms with van der Waals surface area (Å²) in [6.45, 7) is -0.268. The van der Waals surface area contributed by atoms with Crippen molar-refractivity contribution in [2.24, 2.45) is 5.73 Å². The van der Waals surface area contributed by atoms with Crippen molar-refractivity contribution in [1.29, 1.82) is 0 Å². The Morgan fingerprint density at radius 2 is 2.00 bits per heavy atom. The summed E-state index contributed by atoms with van der Waals surface area (Å²) < 4.78 is 36.7. The number of anilines is 1. The molecule has 16 heavy (non-hydrogen) atoms. The molecule has 0 radical (unpaired) electrons. The highest BCUT2D eigenvalue weighted by Crippen LogP contribution is 2.30. The highest BCUT2D eigenvalue weighted by Gasteiger charge is 2.30. The largest absolute Gasteiger partial charge is 0.416 e. The number of nitrogens with one attached hydrogen (secondary N) is 1. The summed E-state index contributed by atoms with van der Waals surface area (Å²) in [6, 6.07) is 4.36. The second kappa shape index (κ2) is 5.72. The fraction of sp³-hybridized carbons (Fsp3) is 0.222. The van der Waals surface area contributed by atoms with Gasteiger partial charge < -0.3 is 11.1 Å². The van der Waals surface area contributed by atoms with E-state index in [4.69, 9.17) is 5.73 Å². The lowest BCUT2D eigenvalue weighted by molar-refractivity contribution is -0.137. The summed E-state index contributed by atoms with van der Waals surface area (Å²) >= 11 is 0. The number of hydrogen-bond acceptors (Lipinski definition) is 2. The monoisotopic (exact) mass is 254 g/mol. The summed E-state index contributed by atoms with van der Waals surface area (Å²) in [5.41, 5.74) is 4.29. The summed E-state index contributed by atoms with van der Waals surface area (Å²) in [4.78, 5) is 10.8. The van der Waals surface area contributed by atoms with Gasteiger partial charge in [-0.3, -0.25) is 4.79 Å². The number of hydrogen-bond donors (Lipinski definition) is 2. The average Bonchev–Trinajstić information content (AvgIpc) is 2.17. The molecule has 3 nitrogen and oxygen atoms in total. The molecule has 1 rings (SSSR count). The average molecular weight is 255 g/mol. The molecule has 0 aliphatic rings. The fourth-order valence-electron chi connectivity index (χ4n) is 0.985. The third-order valence-corrected chi connectivity index (χ3v) is 1.66. The van der Waals surface area contributed by atoms with Crippen LogP contribution in [0.25, 0.3) is 0 Å². The summed E-state index contributed by atoms with van der Waals surface area (Å²) in [5.74, 6) is -0.533. The Balaban J connectivity index is 0.00000225. The maximum absolute atomic E-state index is 12.2. The van der Waals surface area contributed by atoms with Crippen LogP contribution in [-0.2, 0) is 11.0 Å². The van der Waals surface area contributed by atoms with Gasteiger partial charge in [-0.1, -0.05) is 6.07 Å². The quantitative estimate of drug-likeness (QED) is 0.848. The topological polar surface area (TPSA) is 55.1 Å². The van der Waals surface area contributed by atoms with Crippen molar-refractivity contribution < 1.29 is 18.0 Å². The molecule has 0 aromatic heterocycles. The van der Waals surface area contributed by atoms with Gasteiger partial charge in [0, 0.05) is 5.69 Å². The molecule has 1 aromatic carbocycles. The van der Waals surface area contributed by atoms with Gasteiger partial charge in [-0.15, -0.1) is 12.4 Å². The molecule has 90 valence electrons. The molecular formula is C9H10ClF3N2O. The molecule has 0 heterocycles. The van der Waals surface area contributed by atoms with E-state index in [0.29, 0.717) is 0 Å². The lowest BCUT2D eigenvalue weighted by Crippen LogP contribution is -2.22. The minimum absolute atomic E-state index is 0. The van der Waals surface area contributed by atoms with E-state index in [1.807, 2.05) is 0 Å². The van der Waals surface area contributed by atoms with Gasteiger partial charge in [0.25, 0.3) is 0 Å². The van der Waals surface area contributed by atoms with E-state index in [0.717, 1.165) is 12.1 Å². The third-order valence-electron chi connectivity index (χ3n) is 1.66. The molecule has 0 spiro atoms. The molecule has 0 aliphatic heterocycles. The molecule has 0 bridgehead atoms. The SMILES string of the molecule is Cl.NCC(=O)Nc1cccc(C(F)(F)F)c1. The molecule has 0 fully saturated rings. The molecule has 0 saturated heterocycles. The maximum atomic E-state index is 12.2. The molecule has 1 amide bonds. The third kappa shape index (κ3) is 4.08. The van der Waals surface area contributed by atoms with Crippen molar-refractivity contribution >= 4 is 24.0 Å². The Hall–Kier alpha value is -1.27. The van der Waals surface area contributed by atoms with Crippen molar-refractivity contribution in [1.82, 2.24) is 0 Å². The predicted molar refractivity (Wildman–Crippen MR) is 56.4 cm³/mol. The van der Waals surface area contributed by atoms with Gasteiger partial charge >= 0.3 is 6.18 Å². The first kappa shape index (κ1) is 14.7. The Labute approximate surface area is 96.2 Å². The van der Waals surface area contributed by atoms with E-state index in [-0.39, 0.29) is 24.6 Å². The van der Waals surface area contributed by atoms with Crippen molar-refractivity contribution in [3.05, 3.63) is 29.8 Å². The van der Waals surface area contributed by atoms with E-state index >= 15 is 0 Å². The number of carbonyl (C=O) groups excluding carboxylic acids is 1. The van der Waals surface area contributed by atoms with Crippen molar-refractivity contribution in [3.63, 3.8) is 0 Å². The Morgan fingerprint density at radius 1 is 1.38 bits per heavy atom. The Morgan fingerprint density at radius 3 is 2.50 bits per heavy atom. The number of carbonyl (C=O) groups is 1. The Bertz CT molecular complexity index is 368. The van der Waals surface area contributed by atoms with Crippen LogP contribution in [0.15, 0.2) is 24.3 Å². The highest BCUT2D eigenvalue weighted by molar-refractivity contribution is 5.92. The van der Waals surface area contributed by atoms with Gasteiger partial charge in [-0.25, -0.2) is 0 Å². The smallest absolute Gasteiger partial charge is 0.325 e. The number of rotatable bonds is 2. The van der Waals surface area contributed by atoms with E-state index in [1.165, 1.54) is 12.1 Å². The first-order valence-corrected chi connectivity index (χ1v) is 4.10. The van der Waals surface area contributed by atoms with E-state index < -0.39 is 17.6 Å². The van der Waals surface area contributed by atoms with Crippen LogP contribution in [0, 0.1) is 0 Å². The molecule has 3 N–H and O–H groups in total. The fourth-order valence-corrected chi connectivity index (χ4v) is 0.985. The normalized spacial score (nSPS) is 10.5. The van der Waals surface area contributed by atoms with Crippen LogP contribution in [0.2, 0.25) is 0 Å². The van der Waals surface area contributed by atoms with Gasteiger partial charge in [-0.05, 0) is 18.2 Å². The number of nitrogens with two attached hydrogens (primary N) is 1. The Kier molecular flexibility index (Phi) is 5.26. The van der Waals surface area contributed by atoms with E-state index in [1.54, 1.807) is 0 Å². The standard InChI is InChI=1S/C9H9F3N2O.ClH/c10-9(11,12)6-2-1-3-7(4-6)14-8(15)5-13;/h1-4H,5,13H2,(H,14,15);1H. The minimum atomic E-state index is -4.41. The van der Waals surface area contributed by atoms with Crippen LogP contribution in [0.1, 0.15) is 5.56 Å². The maximum Gasteiger partial charge on any atom is 0.416 e. The molecule has 7 heteroatoms. The van der Waals surface area contributed by atoms with Crippen molar-refractivity contribution in [2.75, 3.05) is 11.9 Å². The number of alkyl halides is 3. The summed E-state index contributed by atoms with van der Waals surface area (Å²) in [5, 5.41) is 2.24. The van der Waals surface area contributed by atoms with Crippen molar-refractivity contribution in [2.45, 2.75) is 6.18 Å². The molecule has 0 saturated carbocycles. The minimum Gasteiger partial charge on any atom is -0.325 e. The molecular weight excluding hydrogens is 245 g/mol. The van der Waals surface area contributed by atoms with Crippen LogP contribution in [-0.4, -0.2) is 12.5 Å². The predicted octanol–water partition coefficient (Wildman–Crippen LogP) is 2.02. The lowest BCUT2D eigenvalue weighted by Gasteiger charge is -2.09. The zero-order valence-electron chi connectivity index (χ0n) is 8.04. The zero-order chi connectivity index (χ0) is 11.5. The van der Waals surface area contributed by atoms with Crippen LogP contribution in [0.4, 0.5) is 18.9 Å². The summed E-state index contributed by atoms with van der Waals surface area (Å²) in [7, 11) is 0. The van der Waals surface area contributed by atoms with Crippen LogP contribution < -0.4 is 11.1 Å². The first-order chi connectivity index (χ1) is 6.93. The molecule has 0 unspecified atom stereocenters. The zero-order valence-corrected chi connectivity index (χ0v) is 8.86. The second-order valence-corrected chi connectivity index (χ2v) is 2.83. The lowest BCUT2D eigenvalue weighted by atomic mass is 10.2. The van der Waals surface area contributed by atoms with E-state index in [2.05, 4.69) is 5.32 Å². The van der Waals surface area contributed by atoms with Gasteiger partial charge in [0.1, 0.15) is 0 Å². The summed E-state index contributed by atoms with van der Waals surface area (Å²) in [6.07, 6.45) is -4.41. The van der Waals surface area contributed by atoms with Crippen LogP contribution in [0.3, 0.4) is 0 Å². The van der Waals surface area contributed by atoms with E-state index in [9.17, 15) is 18.0 Å².